The molecule has 1 N–H and O–H groups in total. The molecule has 5 nitrogen and oxygen atoms in total. The standard InChI is InChI=1S/C41H78O5/c1-3-5-7-9-11-13-15-17-18-19-20-21-22-24-26-28-30-32-34-36-41(44)46-39(37-42)38-45-40(43)35-33-31-29-27-25-23-16-14-12-10-8-6-4-2/h14,16,39,42H,3-13,15,17-38H2,1-2H3. The molecule has 0 saturated carbocycles. The molecule has 0 aromatic carbocycles. The minimum absolute atomic E-state index is 0.0644. The molecular formula is C41H78O5. The van der Waals surface area contributed by atoms with E-state index in [9.17, 15) is 14.7 Å². The molecule has 0 rings (SSSR count). The average molecular weight is 651 g/mol. The molecule has 0 spiro atoms. The lowest BCUT2D eigenvalue weighted by Crippen LogP contribution is -2.28. The Bertz CT molecular complexity index is 661. The smallest absolute Gasteiger partial charge is 0.306 e. The molecule has 0 radical (unpaired) electrons. The van der Waals surface area contributed by atoms with Crippen LogP contribution < -0.4 is 0 Å². The van der Waals surface area contributed by atoms with E-state index in [1.165, 1.54) is 148 Å². The van der Waals surface area contributed by atoms with Crippen LogP contribution in [0.1, 0.15) is 219 Å². The van der Waals surface area contributed by atoms with Crippen LogP contribution >= 0.6 is 0 Å². The summed E-state index contributed by atoms with van der Waals surface area (Å²) in [6.45, 7) is 4.13. The van der Waals surface area contributed by atoms with Crippen LogP contribution in [0.5, 0.6) is 0 Å². The van der Waals surface area contributed by atoms with E-state index < -0.39 is 6.10 Å². The summed E-state index contributed by atoms with van der Waals surface area (Å²) >= 11 is 0. The summed E-state index contributed by atoms with van der Waals surface area (Å²) in [7, 11) is 0. The Morgan fingerprint density at radius 1 is 0.478 bits per heavy atom. The minimum atomic E-state index is -0.767. The number of aliphatic hydroxyl groups excluding tert-OH is 1. The van der Waals surface area contributed by atoms with Gasteiger partial charge in [-0.2, -0.15) is 0 Å². The Labute approximate surface area is 286 Å². The topological polar surface area (TPSA) is 72.8 Å². The maximum Gasteiger partial charge on any atom is 0.306 e. The molecule has 0 aromatic rings. The Kier molecular flexibility index (Phi) is 37.0. The summed E-state index contributed by atoms with van der Waals surface area (Å²) < 4.78 is 10.6. The van der Waals surface area contributed by atoms with Gasteiger partial charge in [0.05, 0.1) is 6.61 Å². The molecule has 0 fully saturated rings. The first-order valence-corrected chi connectivity index (χ1v) is 20.2. The second-order valence-electron chi connectivity index (χ2n) is 13.7. The number of hydrogen-bond donors (Lipinski definition) is 1. The fraction of sp³-hybridized carbons (Fsp3) is 0.902. The number of rotatable bonds is 37. The van der Waals surface area contributed by atoms with Crippen molar-refractivity contribution in [2.45, 2.75) is 225 Å². The predicted octanol–water partition coefficient (Wildman–Crippen LogP) is 12.5. The van der Waals surface area contributed by atoms with Crippen LogP contribution in [0, 0.1) is 0 Å². The second kappa shape index (κ2) is 38.1. The van der Waals surface area contributed by atoms with Gasteiger partial charge >= 0.3 is 11.9 Å². The highest BCUT2D eigenvalue weighted by Crippen LogP contribution is 2.15. The average Bonchev–Trinajstić information content (AvgIpc) is 3.06. The largest absolute Gasteiger partial charge is 0.462 e. The first-order chi connectivity index (χ1) is 22.6. The van der Waals surface area contributed by atoms with E-state index in [1.54, 1.807) is 0 Å². The summed E-state index contributed by atoms with van der Waals surface area (Å²) in [5.41, 5.74) is 0. The maximum atomic E-state index is 12.2. The molecule has 0 bridgehead atoms. The fourth-order valence-corrected chi connectivity index (χ4v) is 5.96. The van der Waals surface area contributed by atoms with Crippen molar-refractivity contribution in [2.24, 2.45) is 0 Å². The third-order valence-corrected chi connectivity index (χ3v) is 9.06. The second-order valence-corrected chi connectivity index (χ2v) is 13.7. The lowest BCUT2D eigenvalue weighted by Gasteiger charge is -2.15. The molecule has 46 heavy (non-hydrogen) atoms. The molecule has 1 unspecified atom stereocenters. The molecular weight excluding hydrogens is 572 g/mol. The van der Waals surface area contributed by atoms with Crippen LogP contribution in [0.4, 0.5) is 0 Å². The number of carbonyl (C=O) groups excluding carboxylic acids is 2. The van der Waals surface area contributed by atoms with Gasteiger partial charge in [0.1, 0.15) is 6.61 Å². The molecule has 0 saturated heterocycles. The summed E-state index contributed by atoms with van der Waals surface area (Å²) in [5, 5.41) is 9.55. The van der Waals surface area contributed by atoms with Crippen LogP contribution in [0.3, 0.4) is 0 Å². The van der Waals surface area contributed by atoms with Crippen LogP contribution in [0.15, 0.2) is 12.2 Å². The van der Waals surface area contributed by atoms with E-state index in [0.717, 1.165) is 44.9 Å². The third kappa shape index (κ3) is 35.5. The van der Waals surface area contributed by atoms with Gasteiger partial charge in [-0.25, -0.2) is 0 Å². The van der Waals surface area contributed by atoms with E-state index in [2.05, 4.69) is 26.0 Å². The SMILES string of the molecule is CCCCCCC=CCCCCCCCC(=O)OCC(CO)OC(=O)CCCCCCCCCCCCCCCCCCCCC. The van der Waals surface area contributed by atoms with Gasteiger partial charge in [-0.15, -0.1) is 0 Å². The van der Waals surface area contributed by atoms with Gasteiger partial charge in [-0.1, -0.05) is 180 Å². The predicted molar refractivity (Wildman–Crippen MR) is 196 cm³/mol. The van der Waals surface area contributed by atoms with Crippen molar-refractivity contribution in [3.63, 3.8) is 0 Å². The minimum Gasteiger partial charge on any atom is -0.462 e. The quantitative estimate of drug-likeness (QED) is 0.0411. The zero-order chi connectivity index (χ0) is 33.6. The van der Waals surface area contributed by atoms with Gasteiger partial charge in [0.15, 0.2) is 6.10 Å². The summed E-state index contributed by atoms with van der Waals surface area (Å²) in [5.74, 6) is -0.590. The van der Waals surface area contributed by atoms with Crippen LogP contribution in [-0.4, -0.2) is 36.4 Å². The van der Waals surface area contributed by atoms with Crippen molar-refractivity contribution in [1.82, 2.24) is 0 Å². The zero-order valence-electron chi connectivity index (χ0n) is 30.9. The van der Waals surface area contributed by atoms with Crippen molar-refractivity contribution >= 4 is 11.9 Å². The lowest BCUT2D eigenvalue weighted by molar-refractivity contribution is -0.161. The Morgan fingerprint density at radius 3 is 1.20 bits per heavy atom. The van der Waals surface area contributed by atoms with E-state index in [0.29, 0.717) is 12.8 Å². The number of unbranched alkanes of at least 4 members (excludes halogenated alkanes) is 27. The molecule has 0 aliphatic carbocycles. The number of ether oxygens (including phenoxy) is 2. The van der Waals surface area contributed by atoms with E-state index in [-0.39, 0.29) is 25.2 Å². The molecule has 5 heteroatoms. The van der Waals surface area contributed by atoms with E-state index >= 15 is 0 Å². The zero-order valence-corrected chi connectivity index (χ0v) is 30.9. The summed E-state index contributed by atoms with van der Waals surface area (Å²) in [6, 6.07) is 0. The molecule has 0 heterocycles. The molecule has 0 aliphatic heterocycles. The maximum absolute atomic E-state index is 12.2. The van der Waals surface area contributed by atoms with Crippen molar-refractivity contribution < 1.29 is 24.2 Å². The number of allylic oxidation sites excluding steroid dienone is 2. The lowest BCUT2D eigenvalue weighted by atomic mass is 10.0. The molecule has 1 atom stereocenters. The van der Waals surface area contributed by atoms with Gasteiger partial charge in [0, 0.05) is 12.8 Å². The van der Waals surface area contributed by atoms with Crippen LogP contribution in [-0.2, 0) is 19.1 Å². The Hall–Kier alpha value is -1.36. The first-order valence-electron chi connectivity index (χ1n) is 20.2. The highest BCUT2D eigenvalue weighted by Gasteiger charge is 2.16. The van der Waals surface area contributed by atoms with Gasteiger partial charge in [-0.05, 0) is 38.5 Å². The van der Waals surface area contributed by atoms with E-state index in [4.69, 9.17) is 9.47 Å². The van der Waals surface area contributed by atoms with Gasteiger partial charge in [0.2, 0.25) is 0 Å². The highest BCUT2D eigenvalue weighted by molar-refractivity contribution is 5.70. The molecule has 0 amide bonds. The Morgan fingerprint density at radius 2 is 0.804 bits per heavy atom. The highest BCUT2D eigenvalue weighted by atomic mass is 16.6. The molecule has 272 valence electrons. The van der Waals surface area contributed by atoms with Gasteiger partial charge < -0.3 is 14.6 Å². The van der Waals surface area contributed by atoms with Gasteiger partial charge in [0.25, 0.3) is 0 Å². The Balaban J connectivity index is 3.50. The fourth-order valence-electron chi connectivity index (χ4n) is 5.96. The molecule has 0 aromatic heterocycles. The number of aliphatic hydroxyl groups is 1. The van der Waals surface area contributed by atoms with Crippen molar-refractivity contribution in [1.29, 1.82) is 0 Å². The van der Waals surface area contributed by atoms with E-state index in [1.807, 2.05) is 0 Å². The number of carbonyl (C=O) groups is 2. The summed E-state index contributed by atoms with van der Waals surface area (Å²) in [4.78, 5) is 24.2. The normalized spacial score (nSPS) is 12.2. The third-order valence-electron chi connectivity index (χ3n) is 9.06. The van der Waals surface area contributed by atoms with Gasteiger partial charge in [-0.3, -0.25) is 9.59 Å². The molecule has 0 aliphatic rings. The van der Waals surface area contributed by atoms with Crippen molar-refractivity contribution in [2.75, 3.05) is 13.2 Å². The van der Waals surface area contributed by atoms with Crippen molar-refractivity contribution in [3.8, 4) is 0 Å². The van der Waals surface area contributed by atoms with Crippen LogP contribution in [0.25, 0.3) is 0 Å². The number of esters is 2. The van der Waals surface area contributed by atoms with Crippen LogP contribution in [0.2, 0.25) is 0 Å². The van der Waals surface area contributed by atoms with Crippen molar-refractivity contribution in [3.05, 3.63) is 12.2 Å². The first kappa shape index (κ1) is 44.6. The monoisotopic (exact) mass is 651 g/mol. The summed E-state index contributed by atoms with van der Waals surface area (Å²) in [6.07, 6.45) is 42.7. The number of hydrogen-bond acceptors (Lipinski definition) is 5.